The number of benzene rings is 1. The summed E-state index contributed by atoms with van der Waals surface area (Å²) in [6.07, 6.45) is 6.62. The lowest BCUT2D eigenvalue weighted by molar-refractivity contribution is -0.116. The molecule has 1 amide bonds. The molecule has 0 radical (unpaired) electrons. The summed E-state index contributed by atoms with van der Waals surface area (Å²) < 4.78 is 3.67. The predicted octanol–water partition coefficient (Wildman–Crippen LogP) is 3.01. The van der Waals surface area contributed by atoms with Crippen molar-refractivity contribution >= 4 is 11.7 Å². The molecule has 6 nitrogen and oxygen atoms in total. The van der Waals surface area contributed by atoms with E-state index in [9.17, 15) is 4.79 Å². The van der Waals surface area contributed by atoms with Crippen molar-refractivity contribution in [1.82, 2.24) is 19.3 Å². The van der Waals surface area contributed by atoms with Crippen LogP contribution in [0.1, 0.15) is 18.4 Å². The number of aromatic nitrogens is 4. The van der Waals surface area contributed by atoms with E-state index in [0.717, 1.165) is 29.8 Å². The Morgan fingerprint density at radius 3 is 2.88 bits per heavy atom. The zero-order valence-electron chi connectivity index (χ0n) is 13.9. The molecule has 0 aliphatic rings. The van der Waals surface area contributed by atoms with Gasteiger partial charge in [0.25, 0.3) is 0 Å². The van der Waals surface area contributed by atoms with Gasteiger partial charge in [-0.3, -0.25) is 9.48 Å². The summed E-state index contributed by atoms with van der Waals surface area (Å²) in [6.45, 7) is 2.84. The van der Waals surface area contributed by atoms with Crippen LogP contribution in [0.5, 0.6) is 0 Å². The summed E-state index contributed by atoms with van der Waals surface area (Å²) in [7, 11) is 1.84. The quantitative estimate of drug-likeness (QED) is 0.758. The lowest BCUT2D eigenvalue weighted by atomic mass is 10.1. The molecule has 0 unspecified atom stereocenters. The molecular weight excluding hydrogens is 302 g/mol. The fraction of sp³-hybridized carbons (Fsp3) is 0.278. The first kappa shape index (κ1) is 16.0. The van der Waals surface area contributed by atoms with E-state index in [1.807, 2.05) is 42.1 Å². The van der Waals surface area contributed by atoms with Gasteiger partial charge in [0.1, 0.15) is 5.82 Å². The molecule has 124 valence electrons. The van der Waals surface area contributed by atoms with Crippen LogP contribution in [0.25, 0.3) is 11.3 Å². The van der Waals surface area contributed by atoms with Gasteiger partial charge >= 0.3 is 0 Å². The Hall–Kier alpha value is -2.89. The van der Waals surface area contributed by atoms with Gasteiger partial charge in [0.2, 0.25) is 5.91 Å². The maximum atomic E-state index is 12.1. The molecule has 0 fully saturated rings. The molecule has 0 saturated heterocycles. The molecule has 0 aliphatic carbocycles. The molecule has 0 aliphatic heterocycles. The van der Waals surface area contributed by atoms with Crippen LogP contribution in [0.3, 0.4) is 0 Å². The summed E-state index contributed by atoms with van der Waals surface area (Å²) in [6, 6.07) is 10.00. The van der Waals surface area contributed by atoms with Gasteiger partial charge in [-0.25, -0.2) is 4.98 Å². The third-order valence-electron chi connectivity index (χ3n) is 3.95. The summed E-state index contributed by atoms with van der Waals surface area (Å²) in [5.74, 6) is 0.704. The Morgan fingerprint density at radius 1 is 1.29 bits per heavy atom. The summed E-state index contributed by atoms with van der Waals surface area (Å²) in [4.78, 5) is 16.1. The number of hydrogen-bond donors (Lipinski definition) is 1. The van der Waals surface area contributed by atoms with E-state index in [4.69, 9.17) is 0 Å². The van der Waals surface area contributed by atoms with Crippen molar-refractivity contribution in [2.24, 2.45) is 7.05 Å². The van der Waals surface area contributed by atoms with Crippen LogP contribution in [-0.2, 0) is 18.4 Å². The Kier molecular flexibility index (Phi) is 4.74. The van der Waals surface area contributed by atoms with Crippen molar-refractivity contribution in [3.8, 4) is 11.3 Å². The van der Waals surface area contributed by atoms with E-state index in [-0.39, 0.29) is 5.91 Å². The highest BCUT2D eigenvalue weighted by atomic mass is 16.1. The third-order valence-corrected chi connectivity index (χ3v) is 3.95. The average Bonchev–Trinajstić information content (AvgIpc) is 3.18. The van der Waals surface area contributed by atoms with Gasteiger partial charge in [0, 0.05) is 44.0 Å². The Labute approximate surface area is 141 Å². The van der Waals surface area contributed by atoms with Crippen molar-refractivity contribution in [2.45, 2.75) is 26.3 Å². The van der Waals surface area contributed by atoms with E-state index >= 15 is 0 Å². The van der Waals surface area contributed by atoms with Crippen molar-refractivity contribution < 1.29 is 4.79 Å². The SMILES string of the molecule is Cc1ccccc1-c1cc(NC(=O)CCCn2ccnc2)n(C)n1. The van der Waals surface area contributed by atoms with Crippen LogP contribution in [0, 0.1) is 6.92 Å². The summed E-state index contributed by atoms with van der Waals surface area (Å²) >= 11 is 0. The van der Waals surface area contributed by atoms with Gasteiger partial charge in [0.05, 0.1) is 12.0 Å². The van der Waals surface area contributed by atoms with Gasteiger partial charge in [-0.2, -0.15) is 5.10 Å². The second kappa shape index (κ2) is 7.12. The molecule has 3 aromatic rings. The van der Waals surface area contributed by atoms with Crippen molar-refractivity contribution in [2.75, 3.05) is 5.32 Å². The number of aryl methyl sites for hydroxylation is 3. The zero-order chi connectivity index (χ0) is 16.9. The van der Waals surface area contributed by atoms with Crippen LogP contribution < -0.4 is 5.32 Å². The predicted molar refractivity (Wildman–Crippen MR) is 93.5 cm³/mol. The molecule has 0 spiro atoms. The number of nitrogens with zero attached hydrogens (tertiary/aromatic N) is 4. The molecule has 0 bridgehead atoms. The number of carbonyl (C=O) groups is 1. The first-order valence-electron chi connectivity index (χ1n) is 7.99. The van der Waals surface area contributed by atoms with Gasteiger partial charge in [-0.05, 0) is 18.9 Å². The molecular formula is C18H21N5O. The Balaban J connectivity index is 1.61. The lowest BCUT2D eigenvalue weighted by Crippen LogP contribution is -2.14. The molecule has 2 aromatic heterocycles. The highest BCUT2D eigenvalue weighted by Crippen LogP contribution is 2.24. The summed E-state index contributed by atoms with van der Waals surface area (Å²) in [5, 5.41) is 7.44. The van der Waals surface area contributed by atoms with Crippen molar-refractivity contribution in [1.29, 1.82) is 0 Å². The van der Waals surface area contributed by atoms with Crippen LogP contribution >= 0.6 is 0 Å². The maximum Gasteiger partial charge on any atom is 0.225 e. The van der Waals surface area contributed by atoms with Gasteiger partial charge in [-0.15, -0.1) is 0 Å². The topological polar surface area (TPSA) is 64.7 Å². The number of rotatable bonds is 6. The highest BCUT2D eigenvalue weighted by Gasteiger charge is 2.11. The number of hydrogen-bond acceptors (Lipinski definition) is 3. The number of anilines is 1. The normalized spacial score (nSPS) is 10.8. The zero-order valence-corrected chi connectivity index (χ0v) is 13.9. The maximum absolute atomic E-state index is 12.1. The first-order chi connectivity index (χ1) is 11.6. The van der Waals surface area contributed by atoms with E-state index in [1.54, 1.807) is 17.2 Å². The second-order valence-electron chi connectivity index (χ2n) is 5.81. The number of nitrogens with one attached hydrogen (secondary N) is 1. The Morgan fingerprint density at radius 2 is 2.12 bits per heavy atom. The fourth-order valence-electron chi connectivity index (χ4n) is 2.62. The molecule has 0 saturated carbocycles. The largest absolute Gasteiger partial charge is 0.337 e. The second-order valence-corrected chi connectivity index (χ2v) is 5.81. The molecule has 24 heavy (non-hydrogen) atoms. The third kappa shape index (κ3) is 3.71. The number of imidazole rings is 1. The van der Waals surface area contributed by atoms with E-state index in [1.165, 1.54) is 0 Å². The van der Waals surface area contributed by atoms with Gasteiger partial charge in [-0.1, -0.05) is 24.3 Å². The van der Waals surface area contributed by atoms with E-state index in [0.29, 0.717) is 12.2 Å². The summed E-state index contributed by atoms with van der Waals surface area (Å²) in [5.41, 5.74) is 3.10. The standard InChI is InChI=1S/C18H21N5O/c1-14-6-3-4-7-15(14)16-12-17(22(2)21-16)20-18(24)8-5-10-23-11-9-19-13-23/h3-4,6-7,9,11-13H,5,8,10H2,1-2H3,(H,20,24). The van der Waals surface area contributed by atoms with Crippen LogP contribution in [0.15, 0.2) is 49.1 Å². The number of carbonyl (C=O) groups excluding carboxylic acids is 1. The Bertz CT molecular complexity index is 820. The molecule has 6 heteroatoms. The molecule has 1 N–H and O–H groups in total. The first-order valence-corrected chi connectivity index (χ1v) is 7.99. The fourth-order valence-corrected chi connectivity index (χ4v) is 2.62. The van der Waals surface area contributed by atoms with Crippen LogP contribution in [0.4, 0.5) is 5.82 Å². The molecule has 2 heterocycles. The van der Waals surface area contributed by atoms with Crippen molar-refractivity contribution in [3.63, 3.8) is 0 Å². The lowest BCUT2D eigenvalue weighted by Gasteiger charge is -2.05. The number of amides is 1. The van der Waals surface area contributed by atoms with E-state index in [2.05, 4.69) is 28.4 Å². The monoisotopic (exact) mass is 323 g/mol. The molecule has 1 aromatic carbocycles. The highest BCUT2D eigenvalue weighted by molar-refractivity contribution is 5.90. The van der Waals surface area contributed by atoms with Crippen LogP contribution in [-0.4, -0.2) is 25.2 Å². The van der Waals surface area contributed by atoms with Crippen LogP contribution in [0.2, 0.25) is 0 Å². The molecule has 3 rings (SSSR count). The van der Waals surface area contributed by atoms with Gasteiger partial charge < -0.3 is 9.88 Å². The van der Waals surface area contributed by atoms with Crippen molar-refractivity contribution in [3.05, 3.63) is 54.6 Å². The minimum absolute atomic E-state index is 0.00514. The average molecular weight is 323 g/mol. The van der Waals surface area contributed by atoms with Gasteiger partial charge in [0.15, 0.2) is 0 Å². The molecule has 0 atom stereocenters. The minimum atomic E-state index is -0.00514. The smallest absolute Gasteiger partial charge is 0.225 e. The van der Waals surface area contributed by atoms with E-state index < -0.39 is 0 Å². The minimum Gasteiger partial charge on any atom is -0.337 e.